The highest BCUT2D eigenvalue weighted by atomic mass is 79.9. The lowest BCUT2D eigenvalue weighted by molar-refractivity contribution is 0.108. The lowest BCUT2D eigenvalue weighted by Crippen LogP contribution is -2.37. The summed E-state index contributed by atoms with van der Waals surface area (Å²) in [7, 11) is 0. The van der Waals surface area contributed by atoms with Gasteiger partial charge in [-0.05, 0) is 36.4 Å². The highest BCUT2D eigenvalue weighted by molar-refractivity contribution is 9.10. The van der Waals surface area contributed by atoms with Gasteiger partial charge in [0.15, 0.2) is 0 Å². The average molecular weight is 458 g/mol. The van der Waals surface area contributed by atoms with E-state index in [1.54, 1.807) is 24.3 Å². The summed E-state index contributed by atoms with van der Waals surface area (Å²) < 4.78 is 12.0. The van der Waals surface area contributed by atoms with Crippen molar-refractivity contribution in [2.24, 2.45) is 0 Å². The third kappa shape index (κ3) is 7.10. The number of anilines is 1. The fraction of sp³-hybridized carbons (Fsp3) is 0.143. The normalized spacial score (nSPS) is 11.4. The molecule has 0 aliphatic heterocycles. The number of urea groups is 1. The van der Waals surface area contributed by atoms with Crippen LogP contribution in [-0.2, 0) is 0 Å². The second-order valence-corrected chi connectivity index (χ2v) is 6.97. The first kappa shape index (κ1) is 20.6. The van der Waals surface area contributed by atoms with Crippen LogP contribution in [0.1, 0.15) is 0 Å². The van der Waals surface area contributed by atoms with Gasteiger partial charge in [0.1, 0.15) is 24.2 Å². The van der Waals surface area contributed by atoms with Gasteiger partial charge in [-0.1, -0.05) is 40.2 Å². The van der Waals surface area contributed by atoms with Crippen LogP contribution in [0.25, 0.3) is 0 Å². The van der Waals surface area contributed by atoms with E-state index in [2.05, 4.69) is 31.5 Å². The molecule has 1 atom stereocenters. The summed E-state index contributed by atoms with van der Waals surface area (Å²) in [5, 5.41) is 15.1. The van der Waals surface area contributed by atoms with Gasteiger partial charge in [0.05, 0.1) is 11.9 Å². The Morgan fingerprint density at radius 3 is 2.59 bits per heavy atom. The van der Waals surface area contributed by atoms with Crippen molar-refractivity contribution in [1.82, 2.24) is 10.3 Å². The quantitative estimate of drug-likeness (QED) is 0.471. The van der Waals surface area contributed by atoms with Crippen LogP contribution in [0.5, 0.6) is 17.4 Å². The Morgan fingerprint density at radius 2 is 1.86 bits per heavy atom. The van der Waals surface area contributed by atoms with E-state index < -0.39 is 12.1 Å². The van der Waals surface area contributed by atoms with Gasteiger partial charge in [-0.25, -0.2) is 9.78 Å². The van der Waals surface area contributed by atoms with Gasteiger partial charge in [-0.3, -0.25) is 0 Å². The molecule has 3 rings (SSSR count). The van der Waals surface area contributed by atoms with Gasteiger partial charge in [0.25, 0.3) is 0 Å². The Kier molecular flexibility index (Phi) is 7.43. The van der Waals surface area contributed by atoms with Gasteiger partial charge < -0.3 is 25.2 Å². The molecule has 8 heteroatoms. The van der Waals surface area contributed by atoms with E-state index in [0.29, 0.717) is 23.1 Å². The van der Waals surface area contributed by atoms with E-state index in [-0.39, 0.29) is 13.2 Å². The minimum atomic E-state index is -0.833. The maximum Gasteiger partial charge on any atom is 0.319 e. The number of pyridine rings is 1. The van der Waals surface area contributed by atoms with Crippen molar-refractivity contribution >= 4 is 27.6 Å². The molecule has 3 aromatic rings. The van der Waals surface area contributed by atoms with E-state index in [4.69, 9.17) is 9.47 Å². The molecule has 0 unspecified atom stereocenters. The number of para-hydroxylation sites is 1. The van der Waals surface area contributed by atoms with Crippen molar-refractivity contribution < 1.29 is 19.4 Å². The first-order chi connectivity index (χ1) is 14.1. The molecule has 150 valence electrons. The molecule has 0 aliphatic carbocycles. The lowest BCUT2D eigenvalue weighted by atomic mass is 10.3. The Balaban J connectivity index is 1.40. The van der Waals surface area contributed by atoms with Gasteiger partial charge >= 0.3 is 6.03 Å². The number of carbonyl (C=O) groups is 1. The van der Waals surface area contributed by atoms with Crippen LogP contribution in [-0.4, -0.2) is 35.4 Å². The molecule has 2 amide bonds. The van der Waals surface area contributed by atoms with Crippen molar-refractivity contribution in [2.75, 3.05) is 18.5 Å². The molecule has 0 bridgehead atoms. The third-order valence-electron chi connectivity index (χ3n) is 3.70. The van der Waals surface area contributed by atoms with E-state index >= 15 is 0 Å². The van der Waals surface area contributed by atoms with Crippen LogP contribution in [0.2, 0.25) is 0 Å². The van der Waals surface area contributed by atoms with Gasteiger partial charge in [0.2, 0.25) is 5.88 Å². The van der Waals surface area contributed by atoms with Crippen LogP contribution in [0.15, 0.2) is 77.4 Å². The van der Waals surface area contributed by atoms with Crippen molar-refractivity contribution in [3.05, 3.63) is 77.4 Å². The van der Waals surface area contributed by atoms with Gasteiger partial charge in [0, 0.05) is 17.1 Å². The fourth-order valence-corrected chi connectivity index (χ4v) is 2.70. The number of halogens is 1. The molecule has 0 aliphatic rings. The summed E-state index contributed by atoms with van der Waals surface area (Å²) in [5.41, 5.74) is 0.499. The van der Waals surface area contributed by atoms with Crippen molar-refractivity contribution in [1.29, 1.82) is 0 Å². The molecule has 0 radical (unpaired) electrons. The van der Waals surface area contributed by atoms with Crippen molar-refractivity contribution in [2.45, 2.75) is 6.10 Å². The van der Waals surface area contributed by atoms with Crippen LogP contribution >= 0.6 is 15.9 Å². The Hall–Kier alpha value is -3.10. The lowest BCUT2D eigenvalue weighted by Gasteiger charge is -2.14. The van der Waals surface area contributed by atoms with Crippen LogP contribution in [0, 0.1) is 0 Å². The second-order valence-electron chi connectivity index (χ2n) is 6.06. The Bertz CT molecular complexity index is 923. The van der Waals surface area contributed by atoms with Crippen LogP contribution < -0.4 is 20.1 Å². The fourth-order valence-electron chi connectivity index (χ4n) is 2.32. The number of aromatic nitrogens is 1. The predicted octanol–water partition coefficient (Wildman–Crippen LogP) is 4.20. The number of nitrogens with zero attached hydrogens (tertiary/aromatic N) is 1. The summed E-state index contributed by atoms with van der Waals surface area (Å²) in [6, 6.07) is 19.4. The maximum atomic E-state index is 12.0. The zero-order valence-corrected chi connectivity index (χ0v) is 17.0. The molecule has 29 heavy (non-hydrogen) atoms. The van der Waals surface area contributed by atoms with Gasteiger partial charge in [-0.2, -0.15) is 0 Å². The number of benzene rings is 2. The summed E-state index contributed by atoms with van der Waals surface area (Å²) in [6.45, 7) is 0.129. The number of hydrogen-bond acceptors (Lipinski definition) is 5. The molecule has 1 heterocycles. The summed E-state index contributed by atoms with van der Waals surface area (Å²) in [6.07, 6.45) is 0.655. The molecule has 0 saturated heterocycles. The average Bonchev–Trinajstić information content (AvgIpc) is 2.73. The Labute approximate surface area is 176 Å². The van der Waals surface area contributed by atoms with Crippen molar-refractivity contribution in [3.8, 4) is 17.4 Å². The molecule has 0 spiro atoms. The largest absolute Gasteiger partial charge is 0.491 e. The molecular formula is C21H20BrN3O4. The standard InChI is InChI=1S/C21H20BrN3O4/c22-15-5-4-8-19(11-15)29-20-10-9-16(12-23-20)25-21(27)24-13-17(26)14-28-18-6-2-1-3-7-18/h1-12,17,26H,13-14H2,(H2,24,25,27)/t17-/m0/s1. The number of rotatable bonds is 8. The summed E-state index contributed by atoms with van der Waals surface area (Å²) in [4.78, 5) is 16.1. The number of aliphatic hydroxyl groups excluding tert-OH is 1. The predicted molar refractivity (Wildman–Crippen MR) is 113 cm³/mol. The first-order valence-electron chi connectivity index (χ1n) is 8.89. The molecule has 0 saturated carbocycles. The van der Waals surface area contributed by atoms with E-state index in [9.17, 15) is 9.90 Å². The zero-order chi connectivity index (χ0) is 20.5. The molecular weight excluding hydrogens is 438 g/mol. The molecule has 2 aromatic carbocycles. The topological polar surface area (TPSA) is 92.7 Å². The number of nitrogens with one attached hydrogen (secondary N) is 2. The monoisotopic (exact) mass is 457 g/mol. The molecule has 3 N–H and O–H groups in total. The van der Waals surface area contributed by atoms with Crippen LogP contribution in [0.3, 0.4) is 0 Å². The maximum absolute atomic E-state index is 12.0. The molecule has 0 fully saturated rings. The highest BCUT2D eigenvalue weighted by Gasteiger charge is 2.09. The summed E-state index contributed by atoms with van der Waals surface area (Å²) in [5.74, 6) is 1.71. The SMILES string of the molecule is O=C(NC[C@H](O)COc1ccccc1)Nc1ccc(Oc2cccc(Br)c2)nc1. The van der Waals surface area contributed by atoms with Crippen molar-refractivity contribution in [3.63, 3.8) is 0 Å². The number of amides is 2. The number of carbonyl (C=O) groups excluding carboxylic acids is 1. The van der Waals surface area contributed by atoms with E-state index in [1.807, 2.05) is 42.5 Å². The Morgan fingerprint density at radius 1 is 1.07 bits per heavy atom. The highest BCUT2D eigenvalue weighted by Crippen LogP contribution is 2.23. The minimum absolute atomic E-state index is 0.0518. The minimum Gasteiger partial charge on any atom is -0.491 e. The zero-order valence-electron chi connectivity index (χ0n) is 15.4. The number of hydrogen-bond donors (Lipinski definition) is 3. The van der Waals surface area contributed by atoms with Gasteiger partial charge in [-0.15, -0.1) is 0 Å². The number of ether oxygens (including phenoxy) is 2. The number of aliphatic hydroxyl groups is 1. The van der Waals surface area contributed by atoms with Crippen LogP contribution in [0.4, 0.5) is 10.5 Å². The molecule has 7 nitrogen and oxygen atoms in total. The molecule has 1 aromatic heterocycles. The van der Waals surface area contributed by atoms with E-state index in [1.165, 1.54) is 6.20 Å². The third-order valence-corrected chi connectivity index (χ3v) is 4.19. The smallest absolute Gasteiger partial charge is 0.319 e. The second kappa shape index (κ2) is 10.4. The van der Waals surface area contributed by atoms with E-state index in [0.717, 1.165) is 4.47 Å². The summed E-state index contributed by atoms with van der Waals surface area (Å²) >= 11 is 3.38. The first-order valence-corrected chi connectivity index (χ1v) is 9.68.